The Labute approximate surface area is 178 Å². The van der Waals surface area contributed by atoms with Gasteiger partial charge in [0.05, 0.1) is 13.2 Å². The maximum Gasteiger partial charge on any atom is 0.248 e. The predicted octanol–water partition coefficient (Wildman–Crippen LogP) is 2.70. The molecule has 0 radical (unpaired) electrons. The number of rotatable bonds is 5. The molecule has 9 nitrogen and oxygen atoms in total. The van der Waals surface area contributed by atoms with Crippen molar-refractivity contribution >= 4 is 34.4 Å². The molecule has 156 valence electrons. The molecule has 0 atom stereocenters. The molecule has 2 aromatic heterocycles. The Morgan fingerprint density at radius 1 is 1.06 bits per heavy atom. The molecule has 3 heterocycles. The first-order chi connectivity index (χ1) is 15.2. The highest BCUT2D eigenvalue weighted by atomic mass is 16.5. The predicted molar refractivity (Wildman–Crippen MR) is 118 cm³/mol. The van der Waals surface area contributed by atoms with Gasteiger partial charge in [-0.25, -0.2) is 0 Å². The first-order valence-electron chi connectivity index (χ1n) is 9.99. The van der Waals surface area contributed by atoms with Gasteiger partial charge < -0.3 is 25.7 Å². The average Bonchev–Trinajstić information content (AvgIpc) is 3.29. The van der Waals surface area contributed by atoms with Crippen molar-refractivity contribution in [3.05, 3.63) is 60.3 Å². The van der Waals surface area contributed by atoms with Crippen molar-refractivity contribution in [3.8, 4) is 11.4 Å². The molecule has 2 aromatic carbocycles. The highest BCUT2D eigenvalue weighted by Crippen LogP contribution is 2.28. The van der Waals surface area contributed by atoms with E-state index in [9.17, 15) is 4.79 Å². The fourth-order valence-electron chi connectivity index (χ4n) is 3.61. The van der Waals surface area contributed by atoms with Crippen molar-refractivity contribution in [2.45, 2.75) is 0 Å². The number of nitrogens with zero attached hydrogens (tertiary/aromatic N) is 4. The van der Waals surface area contributed by atoms with Crippen LogP contribution in [0.25, 0.3) is 22.3 Å². The first-order valence-corrected chi connectivity index (χ1v) is 9.99. The van der Waals surface area contributed by atoms with E-state index >= 15 is 0 Å². The van der Waals surface area contributed by atoms with Crippen LogP contribution in [0.5, 0.6) is 0 Å². The normalized spacial score (nSPS) is 14.0. The number of hydrogen-bond acceptors (Lipinski definition) is 7. The van der Waals surface area contributed by atoms with E-state index in [0.717, 1.165) is 16.5 Å². The molecule has 1 fully saturated rings. The third-order valence-electron chi connectivity index (χ3n) is 5.16. The standard InChI is InChI=1S/C22H21N7O2/c23-19(30)14-3-1-4-15(13-14)25-21-26-20(17-5-2-6-18-16(17)7-8-24-18)27-22(28-21)29-9-11-31-12-10-29/h1-8,13,24H,9-12H2,(H2,23,30)(H,25,26,27,28). The summed E-state index contributed by atoms with van der Waals surface area (Å²) in [6.07, 6.45) is 1.90. The van der Waals surface area contributed by atoms with Gasteiger partial charge in [0.2, 0.25) is 17.8 Å². The molecule has 0 bridgehead atoms. The zero-order valence-electron chi connectivity index (χ0n) is 16.7. The van der Waals surface area contributed by atoms with Crippen LogP contribution in [0.15, 0.2) is 54.7 Å². The molecule has 1 aliphatic heterocycles. The first kappa shape index (κ1) is 19.0. The molecule has 31 heavy (non-hydrogen) atoms. The van der Waals surface area contributed by atoms with Gasteiger partial charge in [-0.2, -0.15) is 15.0 Å². The third-order valence-corrected chi connectivity index (χ3v) is 5.16. The number of aromatic nitrogens is 4. The SMILES string of the molecule is NC(=O)c1cccc(Nc2nc(-c3cccc4[nH]ccc34)nc(N3CCOCC3)n2)c1. The molecule has 5 rings (SSSR count). The number of nitrogens with one attached hydrogen (secondary N) is 2. The lowest BCUT2D eigenvalue weighted by molar-refractivity contribution is 0.100. The lowest BCUT2D eigenvalue weighted by atomic mass is 10.1. The highest BCUT2D eigenvalue weighted by molar-refractivity contribution is 5.94. The summed E-state index contributed by atoms with van der Waals surface area (Å²) in [5, 5.41) is 4.23. The van der Waals surface area contributed by atoms with Crippen LogP contribution >= 0.6 is 0 Å². The van der Waals surface area contributed by atoms with Gasteiger partial charge in [0.15, 0.2) is 5.82 Å². The summed E-state index contributed by atoms with van der Waals surface area (Å²) in [6.45, 7) is 2.65. The summed E-state index contributed by atoms with van der Waals surface area (Å²) in [4.78, 5) is 30.9. The zero-order valence-corrected chi connectivity index (χ0v) is 16.7. The molecule has 1 aliphatic rings. The minimum absolute atomic E-state index is 0.389. The number of morpholine rings is 1. The summed E-state index contributed by atoms with van der Waals surface area (Å²) < 4.78 is 5.47. The third kappa shape index (κ3) is 3.90. The monoisotopic (exact) mass is 415 g/mol. The fourth-order valence-corrected chi connectivity index (χ4v) is 3.61. The average molecular weight is 415 g/mol. The second-order valence-electron chi connectivity index (χ2n) is 7.20. The van der Waals surface area contributed by atoms with Crippen molar-refractivity contribution in [1.82, 2.24) is 19.9 Å². The van der Waals surface area contributed by atoms with Crippen LogP contribution in [0.2, 0.25) is 0 Å². The minimum atomic E-state index is -0.492. The maximum atomic E-state index is 11.5. The molecule has 1 amide bonds. The second kappa shape index (κ2) is 8.04. The number of anilines is 3. The fraction of sp³-hybridized carbons (Fsp3) is 0.182. The van der Waals surface area contributed by atoms with Crippen LogP contribution in [-0.4, -0.2) is 52.1 Å². The molecule has 4 aromatic rings. The molecule has 0 saturated carbocycles. The molecule has 0 spiro atoms. The van der Waals surface area contributed by atoms with E-state index in [4.69, 9.17) is 15.5 Å². The van der Waals surface area contributed by atoms with Crippen molar-refractivity contribution in [3.63, 3.8) is 0 Å². The molecule has 0 aliphatic carbocycles. The van der Waals surface area contributed by atoms with Crippen LogP contribution < -0.4 is 16.0 Å². The molecular formula is C22H21N7O2. The van der Waals surface area contributed by atoms with E-state index in [1.165, 1.54) is 0 Å². The molecule has 4 N–H and O–H groups in total. The summed E-state index contributed by atoms with van der Waals surface area (Å²) in [6, 6.07) is 14.9. The smallest absolute Gasteiger partial charge is 0.248 e. The van der Waals surface area contributed by atoms with E-state index in [1.54, 1.807) is 18.2 Å². The quantitative estimate of drug-likeness (QED) is 0.458. The Hall–Kier alpha value is -3.98. The number of fused-ring (bicyclic) bond motifs is 1. The molecular weight excluding hydrogens is 394 g/mol. The Bertz CT molecular complexity index is 1250. The van der Waals surface area contributed by atoms with Gasteiger partial charge in [-0.05, 0) is 30.3 Å². The molecule has 9 heteroatoms. The number of carbonyl (C=O) groups excluding carboxylic acids is 1. The number of benzene rings is 2. The Kier molecular flexibility index (Phi) is 4.93. The van der Waals surface area contributed by atoms with Crippen molar-refractivity contribution in [1.29, 1.82) is 0 Å². The number of ether oxygens (including phenoxy) is 1. The van der Waals surface area contributed by atoms with Crippen LogP contribution in [0.4, 0.5) is 17.6 Å². The van der Waals surface area contributed by atoms with Crippen LogP contribution in [0.3, 0.4) is 0 Å². The number of amides is 1. The van der Waals surface area contributed by atoms with E-state index in [1.807, 2.05) is 36.5 Å². The van der Waals surface area contributed by atoms with Gasteiger partial charge in [-0.15, -0.1) is 0 Å². The van der Waals surface area contributed by atoms with Gasteiger partial charge in [-0.3, -0.25) is 4.79 Å². The molecule has 0 unspecified atom stereocenters. The minimum Gasteiger partial charge on any atom is -0.378 e. The molecule has 1 saturated heterocycles. The summed E-state index contributed by atoms with van der Waals surface area (Å²) in [5.74, 6) is 1.04. The lowest BCUT2D eigenvalue weighted by Crippen LogP contribution is -2.37. The lowest BCUT2D eigenvalue weighted by Gasteiger charge is -2.27. The summed E-state index contributed by atoms with van der Waals surface area (Å²) in [5.41, 5.74) is 8.40. The van der Waals surface area contributed by atoms with Crippen molar-refractivity contribution < 1.29 is 9.53 Å². The van der Waals surface area contributed by atoms with E-state index in [-0.39, 0.29) is 0 Å². The summed E-state index contributed by atoms with van der Waals surface area (Å²) >= 11 is 0. The van der Waals surface area contributed by atoms with Gasteiger partial charge in [0, 0.05) is 47.0 Å². The van der Waals surface area contributed by atoms with Gasteiger partial charge in [0.1, 0.15) is 0 Å². The maximum absolute atomic E-state index is 11.5. The number of aromatic amines is 1. The Balaban J connectivity index is 1.59. The zero-order chi connectivity index (χ0) is 21.2. The Morgan fingerprint density at radius 3 is 2.74 bits per heavy atom. The number of H-pyrrole nitrogens is 1. The van der Waals surface area contributed by atoms with Gasteiger partial charge >= 0.3 is 0 Å². The number of hydrogen-bond donors (Lipinski definition) is 3. The number of carbonyl (C=O) groups is 1. The van der Waals surface area contributed by atoms with Crippen LogP contribution in [0.1, 0.15) is 10.4 Å². The van der Waals surface area contributed by atoms with E-state index in [0.29, 0.717) is 55.3 Å². The highest BCUT2D eigenvalue weighted by Gasteiger charge is 2.18. The number of primary amides is 1. The van der Waals surface area contributed by atoms with Crippen molar-refractivity contribution in [2.24, 2.45) is 5.73 Å². The van der Waals surface area contributed by atoms with Crippen LogP contribution in [-0.2, 0) is 4.74 Å². The van der Waals surface area contributed by atoms with Crippen molar-refractivity contribution in [2.75, 3.05) is 36.5 Å². The largest absolute Gasteiger partial charge is 0.378 e. The van der Waals surface area contributed by atoms with Gasteiger partial charge in [-0.1, -0.05) is 18.2 Å². The Morgan fingerprint density at radius 2 is 1.90 bits per heavy atom. The van der Waals surface area contributed by atoms with Crippen LogP contribution in [0, 0.1) is 0 Å². The second-order valence-corrected chi connectivity index (χ2v) is 7.20. The number of nitrogens with two attached hydrogens (primary N) is 1. The summed E-state index contributed by atoms with van der Waals surface area (Å²) in [7, 11) is 0. The van der Waals surface area contributed by atoms with E-state index < -0.39 is 5.91 Å². The topological polar surface area (TPSA) is 122 Å². The van der Waals surface area contributed by atoms with Gasteiger partial charge in [0.25, 0.3) is 0 Å². The van der Waals surface area contributed by atoms with E-state index in [2.05, 4.69) is 25.2 Å².